The van der Waals surface area contributed by atoms with Crippen LogP contribution in [0.4, 0.5) is 0 Å². The van der Waals surface area contributed by atoms with Crippen molar-refractivity contribution in [3.63, 3.8) is 0 Å². The standard InChI is InChI=1S/C15H23NO2/c1-4-15(12-14(17)18,16(5-2)6-3)13-10-8-7-9-11-13/h7-11H,4-6,12H2,1-3H3,(H,17,18). The van der Waals surface area contributed by atoms with Gasteiger partial charge in [0.2, 0.25) is 0 Å². The molecule has 1 aromatic rings. The topological polar surface area (TPSA) is 40.5 Å². The van der Waals surface area contributed by atoms with Crippen molar-refractivity contribution in [3.8, 4) is 0 Å². The van der Waals surface area contributed by atoms with Crippen LogP contribution in [0.1, 0.15) is 39.2 Å². The molecule has 18 heavy (non-hydrogen) atoms. The van der Waals surface area contributed by atoms with Gasteiger partial charge in [-0.05, 0) is 25.1 Å². The molecule has 0 spiro atoms. The average Bonchev–Trinajstić information content (AvgIpc) is 2.39. The first kappa shape index (κ1) is 14.7. The van der Waals surface area contributed by atoms with Gasteiger partial charge in [-0.15, -0.1) is 0 Å². The van der Waals surface area contributed by atoms with E-state index in [0.29, 0.717) is 0 Å². The maximum absolute atomic E-state index is 11.3. The molecule has 0 heterocycles. The average molecular weight is 249 g/mol. The van der Waals surface area contributed by atoms with Crippen LogP contribution in [0.5, 0.6) is 0 Å². The number of carbonyl (C=O) groups is 1. The number of nitrogens with zero attached hydrogens (tertiary/aromatic N) is 1. The second-order valence-corrected chi connectivity index (χ2v) is 4.49. The molecule has 1 unspecified atom stereocenters. The number of benzene rings is 1. The molecule has 1 atom stereocenters. The van der Waals surface area contributed by atoms with Crippen molar-refractivity contribution in [1.29, 1.82) is 0 Å². The molecule has 0 aliphatic carbocycles. The van der Waals surface area contributed by atoms with E-state index in [4.69, 9.17) is 0 Å². The Hall–Kier alpha value is -1.35. The van der Waals surface area contributed by atoms with E-state index in [9.17, 15) is 9.90 Å². The number of carboxylic acids is 1. The zero-order chi connectivity index (χ0) is 13.6. The predicted molar refractivity (Wildman–Crippen MR) is 73.6 cm³/mol. The molecule has 0 aliphatic rings. The summed E-state index contributed by atoms with van der Waals surface area (Å²) in [4.78, 5) is 13.5. The molecular formula is C15H23NO2. The van der Waals surface area contributed by atoms with Gasteiger partial charge in [0.25, 0.3) is 0 Å². The van der Waals surface area contributed by atoms with Crippen molar-refractivity contribution < 1.29 is 9.90 Å². The van der Waals surface area contributed by atoms with Crippen molar-refractivity contribution in [3.05, 3.63) is 35.9 Å². The van der Waals surface area contributed by atoms with E-state index in [2.05, 4.69) is 25.7 Å². The van der Waals surface area contributed by atoms with E-state index in [0.717, 1.165) is 25.1 Å². The zero-order valence-corrected chi connectivity index (χ0v) is 11.5. The van der Waals surface area contributed by atoms with Crippen molar-refractivity contribution in [2.45, 2.75) is 39.2 Å². The van der Waals surface area contributed by atoms with Crippen LogP contribution >= 0.6 is 0 Å². The van der Waals surface area contributed by atoms with Crippen LogP contribution in [0.3, 0.4) is 0 Å². The van der Waals surface area contributed by atoms with Crippen molar-refractivity contribution in [2.75, 3.05) is 13.1 Å². The smallest absolute Gasteiger partial charge is 0.305 e. The van der Waals surface area contributed by atoms with E-state index in [1.54, 1.807) is 0 Å². The number of hydrogen-bond donors (Lipinski definition) is 1. The van der Waals surface area contributed by atoms with Gasteiger partial charge in [0, 0.05) is 0 Å². The molecule has 3 heteroatoms. The van der Waals surface area contributed by atoms with E-state index < -0.39 is 11.5 Å². The summed E-state index contributed by atoms with van der Waals surface area (Å²) >= 11 is 0. The molecule has 1 N–H and O–H groups in total. The molecule has 0 aliphatic heterocycles. The van der Waals surface area contributed by atoms with Gasteiger partial charge in [-0.2, -0.15) is 0 Å². The normalized spacial score (nSPS) is 14.4. The number of rotatable bonds is 7. The quantitative estimate of drug-likeness (QED) is 0.807. The summed E-state index contributed by atoms with van der Waals surface area (Å²) in [5.41, 5.74) is 0.704. The SMILES string of the molecule is CCN(CC)C(CC)(CC(=O)O)c1ccccc1. The molecule has 3 nitrogen and oxygen atoms in total. The summed E-state index contributed by atoms with van der Waals surface area (Å²) in [6.45, 7) is 7.94. The summed E-state index contributed by atoms with van der Waals surface area (Å²) in [5.74, 6) is -0.743. The Morgan fingerprint density at radius 3 is 2.11 bits per heavy atom. The highest BCUT2D eigenvalue weighted by Crippen LogP contribution is 2.35. The third kappa shape index (κ3) is 2.91. The van der Waals surface area contributed by atoms with Crippen LogP contribution in [0.15, 0.2) is 30.3 Å². The molecule has 100 valence electrons. The van der Waals surface area contributed by atoms with Crippen molar-refractivity contribution in [1.82, 2.24) is 4.90 Å². The van der Waals surface area contributed by atoms with Crippen LogP contribution in [0.2, 0.25) is 0 Å². The van der Waals surface area contributed by atoms with Gasteiger partial charge in [0.1, 0.15) is 0 Å². The Bertz CT molecular complexity index is 373. The van der Waals surface area contributed by atoms with Crippen LogP contribution in [-0.4, -0.2) is 29.1 Å². The lowest BCUT2D eigenvalue weighted by Crippen LogP contribution is -2.47. The fraction of sp³-hybridized carbons (Fsp3) is 0.533. The van der Waals surface area contributed by atoms with E-state index >= 15 is 0 Å². The summed E-state index contributed by atoms with van der Waals surface area (Å²) in [5, 5.41) is 9.25. The molecule has 0 saturated carbocycles. The Balaban J connectivity index is 3.25. The first-order valence-corrected chi connectivity index (χ1v) is 6.63. The molecule has 0 radical (unpaired) electrons. The van der Waals surface area contributed by atoms with Crippen LogP contribution in [-0.2, 0) is 10.3 Å². The highest BCUT2D eigenvalue weighted by Gasteiger charge is 2.37. The second-order valence-electron chi connectivity index (χ2n) is 4.49. The summed E-state index contributed by atoms with van der Waals surface area (Å²) in [6.07, 6.45) is 0.945. The molecule has 0 amide bonds. The first-order valence-electron chi connectivity index (χ1n) is 6.63. The van der Waals surface area contributed by atoms with Crippen molar-refractivity contribution >= 4 is 5.97 Å². The third-order valence-corrected chi connectivity index (χ3v) is 3.71. The summed E-state index contributed by atoms with van der Waals surface area (Å²) in [6, 6.07) is 9.98. The van der Waals surface area contributed by atoms with Crippen LogP contribution in [0, 0.1) is 0 Å². The molecule has 0 fully saturated rings. The molecular weight excluding hydrogens is 226 g/mol. The van der Waals surface area contributed by atoms with E-state index in [-0.39, 0.29) is 6.42 Å². The maximum atomic E-state index is 11.3. The van der Waals surface area contributed by atoms with Gasteiger partial charge in [0.15, 0.2) is 0 Å². The van der Waals surface area contributed by atoms with Gasteiger partial charge in [-0.25, -0.2) is 0 Å². The zero-order valence-electron chi connectivity index (χ0n) is 11.5. The number of hydrogen-bond acceptors (Lipinski definition) is 2. The molecule has 1 aromatic carbocycles. The fourth-order valence-corrected chi connectivity index (χ4v) is 2.78. The Labute approximate surface area is 109 Å². The highest BCUT2D eigenvalue weighted by atomic mass is 16.4. The fourth-order valence-electron chi connectivity index (χ4n) is 2.78. The number of aliphatic carboxylic acids is 1. The molecule has 0 bridgehead atoms. The van der Waals surface area contributed by atoms with Crippen molar-refractivity contribution in [2.24, 2.45) is 0 Å². The third-order valence-electron chi connectivity index (χ3n) is 3.71. The van der Waals surface area contributed by atoms with Gasteiger partial charge < -0.3 is 5.11 Å². The minimum atomic E-state index is -0.743. The Kier molecular flexibility index (Phi) is 5.35. The lowest BCUT2D eigenvalue weighted by Gasteiger charge is -2.42. The first-order chi connectivity index (χ1) is 8.60. The van der Waals surface area contributed by atoms with E-state index in [1.807, 2.05) is 30.3 Å². The van der Waals surface area contributed by atoms with Gasteiger partial charge in [0.05, 0.1) is 12.0 Å². The highest BCUT2D eigenvalue weighted by molar-refractivity contribution is 5.69. The monoisotopic (exact) mass is 249 g/mol. The molecule has 0 saturated heterocycles. The largest absolute Gasteiger partial charge is 0.481 e. The predicted octanol–water partition coefficient (Wildman–Crippen LogP) is 3.11. The Morgan fingerprint density at radius 2 is 1.72 bits per heavy atom. The lowest BCUT2D eigenvalue weighted by molar-refractivity contribution is -0.141. The summed E-state index contributed by atoms with van der Waals surface area (Å²) in [7, 11) is 0. The maximum Gasteiger partial charge on any atom is 0.305 e. The second kappa shape index (κ2) is 6.55. The lowest BCUT2D eigenvalue weighted by atomic mass is 9.82. The van der Waals surface area contributed by atoms with Gasteiger partial charge in [-0.3, -0.25) is 9.69 Å². The molecule has 0 aromatic heterocycles. The minimum absolute atomic E-state index is 0.148. The van der Waals surface area contributed by atoms with E-state index in [1.165, 1.54) is 0 Å². The van der Waals surface area contributed by atoms with Crippen LogP contribution < -0.4 is 0 Å². The number of carboxylic acid groups (broad SMARTS) is 1. The van der Waals surface area contributed by atoms with Gasteiger partial charge >= 0.3 is 5.97 Å². The van der Waals surface area contributed by atoms with Gasteiger partial charge in [-0.1, -0.05) is 51.1 Å². The summed E-state index contributed by atoms with van der Waals surface area (Å²) < 4.78 is 0. The minimum Gasteiger partial charge on any atom is -0.481 e. The van der Waals surface area contributed by atoms with Crippen LogP contribution in [0.25, 0.3) is 0 Å². The Morgan fingerprint density at radius 1 is 1.17 bits per heavy atom. The molecule has 1 rings (SSSR count).